The van der Waals surface area contributed by atoms with Crippen LogP contribution in [0.2, 0.25) is 0 Å². The molecule has 0 aliphatic carbocycles. The number of halogens is 1. The van der Waals surface area contributed by atoms with Crippen LogP contribution in [0, 0.1) is 5.82 Å². The van der Waals surface area contributed by atoms with Crippen molar-refractivity contribution in [2.75, 3.05) is 6.54 Å². The molecular formula is C20H18FN3O2. The second-order valence-electron chi connectivity index (χ2n) is 6.48. The topological polar surface area (TPSA) is 69.2 Å². The molecule has 2 aromatic carbocycles. The fourth-order valence-corrected chi connectivity index (χ4v) is 3.27. The maximum atomic E-state index is 13.4. The zero-order valence-electron chi connectivity index (χ0n) is 14.1. The van der Waals surface area contributed by atoms with Crippen LogP contribution in [0.4, 0.5) is 4.39 Å². The molecule has 6 heteroatoms. The number of aromatic amines is 1. The minimum Gasteiger partial charge on any atom is -0.478 e. The van der Waals surface area contributed by atoms with E-state index in [1.165, 1.54) is 12.1 Å². The van der Waals surface area contributed by atoms with Gasteiger partial charge in [0.05, 0.1) is 17.0 Å². The number of hydrogen-bond acceptors (Lipinski definition) is 3. The normalized spacial score (nSPS) is 14.2. The van der Waals surface area contributed by atoms with Crippen molar-refractivity contribution in [3.63, 3.8) is 0 Å². The summed E-state index contributed by atoms with van der Waals surface area (Å²) < 4.78 is 13.4. The monoisotopic (exact) mass is 351 g/mol. The molecule has 1 aliphatic rings. The lowest BCUT2D eigenvalue weighted by molar-refractivity contribution is 0.0697. The Balaban J connectivity index is 1.48. The smallest absolute Gasteiger partial charge is 0.335 e. The number of carbonyl (C=O) groups is 1. The highest BCUT2D eigenvalue weighted by molar-refractivity contribution is 5.87. The molecule has 0 saturated heterocycles. The van der Waals surface area contributed by atoms with E-state index >= 15 is 0 Å². The van der Waals surface area contributed by atoms with Gasteiger partial charge in [0, 0.05) is 31.6 Å². The first-order valence-electron chi connectivity index (χ1n) is 8.47. The molecule has 0 saturated carbocycles. The first-order chi connectivity index (χ1) is 12.6. The molecule has 0 atom stereocenters. The summed E-state index contributed by atoms with van der Waals surface area (Å²) in [4.78, 5) is 21.2. The van der Waals surface area contributed by atoms with Crippen LogP contribution >= 0.6 is 0 Å². The summed E-state index contributed by atoms with van der Waals surface area (Å²) >= 11 is 0. The van der Waals surface area contributed by atoms with E-state index in [2.05, 4.69) is 14.9 Å². The molecule has 0 bridgehead atoms. The van der Waals surface area contributed by atoms with Gasteiger partial charge in [-0.2, -0.15) is 0 Å². The Morgan fingerprint density at radius 2 is 2.04 bits per heavy atom. The average molecular weight is 351 g/mol. The van der Waals surface area contributed by atoms with Crippen molar-refractivity contribution < 1.29 is 14.3 Å². The first-order valence-corrected chi connectivity index (χ1v) is 8.47. The van der Waals surface area contributed by atoms with Crippen molar-refractivity contribution in [2.24, 2.45) is 0 Å². The van der Waals surface area contributed by atoms with E-state index in [0.29, 0.717) is 11.4 Å². The maximum Gasteiger partial charge on any atom is 0.335 e. The molecule has 0 fully saturated rings. The fourth-order valence-electron chi connectivity index (χ4n) is 3.27. The van der Waals surface area contributed by atoms with Gasteiger partial charge >= 0.3 is 5.97 Å². The molecule has 4 rings (SSSR count). The van der Waals surface area contributed by atoms with Crippen molar-refractivity contribution in [1.82, 2.24) is 14.9 Å². The maximum absolute atomic E-state index is 13.4. The van der Waals surface area contributed by atoms with Gasteiger partial charge in [0.25, 0.3) is 0 Å². The van der Waals surface area contributed by atoms with Crippen LogP contribution in [-0.4, -0.2) is 32.5 Å². The van der Waals surface area contributed by atoms with Crippen LogP contribution in [0.5, 0.6) is 0 Å². The van der Waals surface area contributed by atoms with Crippen LogP contribution in [0.3, 0.4) is 0 Å². The lowest BCUT2D eigenvalue weighted by Crippen LogP contribution is -2.30. The number of benzene rings is 2. The van der Waals surface area contributed by atoms with Crippen LogP contribution < -0.4 is 0 Å². The van der Waals surface area contributed by atoms with Gasteiger partial charge in [-0.15, -0.1) is 0 Å². The predicted octanol–water partition coefficient (Wildman–Crippen LogP) is 3.47. The van der Waals surface area contributed by atoms with E-state index < -0.39 is 5.97 Å². The van der Waals surface area contributed by atoms with Gasteiger partial charge in [-0.05, 0) is 29.8 Å². The van der Waals surface area contributed by atoms with Crippen LogP contribution in [0.15, 0.2) is 48.5 Å². The Hall–Kier alpha value is -2.99. The molecule has 2 heterocycles. The quantitative estimate of drug-likeness (QED) is 0.755. The number of carboxylic acids is 1. The van der Waals surface area contributed by atoms with E-state index in [1.54, 1.807) is 18.2 Å². The summed E-state index contributed by atoms with van der Waals surface area (Å²) in [7, 11) is 0. The summed E-state index contributed by atoms with van der Waals surface area (Å²) in [6, 6.07) is 13.4. The summed E-state index contributed by atoms with van der Waals surface area (Å²) in [6.07, 6.45) is 0.828. The second-order valence-corrected chi connectivity index (χ2v) is 6.48. The van der Waals surface area contributed by atoms with Crippen LogP contribution in [0.25, 0.3) is 11.4 Å². The van der Waals surface area contributed by atoms with Crippen LogP contribution in [-0.2, 0) is 19.5 Å². The number of imidazole rings is 1. The number of fused-ring (bicyclic) bond motifs is 1. The Morgan fingerprint density at radius 1 is 1.23 bits per heavy atom. The average Bonchev–Trinajstić information content (AvgIpc) is 3.05. The van der Waals surface area contributed by atoms with Gasteiger partial charge in [-0.1, -0.05) is 24.3 Å². The van der Waals surface area contributed by atoms with Gasteiger partial charge in [0.2, 0.25) is 0 Å². The number of aromatic nitrogens is 2. The van der Waals surface area contributed by atoms with E-state index in [0.717, 1.165) is 48.6 Å². The van der Waals surface area contributed by atoms with Crippen LogP contribution in [0.1, 0.15) is 27.3 Å². The molecule has 132 valence electrons. The van der Waals surface area contributed by atoms with Crippen molar-refractivity contribution in [2.45, 2.75) is 19.5 Å². The van der Waals surface area contributed by atoms with Gasteiger partial charge in [-0.25, -0.2) is 14.2 Å². The van der Waals surface area contributed by atoms with Crippen molar-refractivity contribution in [3.05, 3.63) is 76.9 Å². The summed E-state index contributed by atoms with van der Waals surface area (Å²) in [5, 5.41) is 8.97. The Labute approximate surface area is 150 Å². The Morgan fingerprint density at radius 3 is 2.77 bits per heavy atom. The number of aromatic carboxylic acids is 1. The molecular weight excluding hydrogens is 333 g/mol. The summed E-state index contributed by atoms with van der Waals surface area (Å²) in [5.74, 6) is -0.494. The minimum atomic E-state index is -0.915. The Kier molecular flexibility index (Phi) is 4.26. The zero-order valence-corrected chi connectivity index (χ0v) is 14.1. The number of carboxylic acid groups (broad SMARTS) is 1. The van der Waals surface area contributed by atoms with Gasteiger partial charge < -0.3 is 10.1 Å². The molecule has 0 amide bonds. The number of rotatable bonds is 4. The predicted molar refractivity (Wildman–Crippen MR) is 95.2 cm³/mol. The van der Waals surface area contributed by atoms with Crippen molar-refractivity contribution in [3.8, 4) is 11.4 Å². The number of nitrogens with one attached hydrogen (secondary N) is 1. The highest BCUT2D eigenvalue weighted by Crippen LogP contribution is 2.24. The lowest BCUT2D eigenvalue weighted by Gasteiger charge is -2.26. The number of nitrogens with zero attached hydrogens (tertiary/aromatic N) is 2. The largest absolute Gasteiger partial charge is 0.478 e. The lowest BCUT2D eigenvalue weighted by atomic mass is 10.1. The molecule has 0 unspecified atom stereocenters. The Bertz CT molecular complexity index is 950. The number of H-pyrrole nitrogens is 1. The SMILES string of the molecule is O=C(O)c1ccc(CN2CCc3nc(-c4cccc(F)c4)[nH]c3C2)cc1. The molecule has 26 heavy (non-hydrogen) atoms. The van der Waals surface area contributed by atoms with Crippen molar-refractivity contribution >= 4 is 5.97 Å². The molecule has 0 radical (unpaired) electrons. The van der Waals surface area contributed by atoms with Gasteiger partial charge in [-0.3, -0.25) is 4.90 Å². The molecule has 3 aromatic rings. The fraction of sp³-hybridized carbons (Fsp3) is 0.200. The molecule has 2 N–H and O–H groups in total. The molecule has 1 aliphatic heterocycles. The molecule has 0 spiro atoms. The minimum absolute atomic E-state index is 0.275. The van der Waals surface area contributed by atoms with Gasteiger partial charge in [0.15, 0.2) is 0 Å². The molecule has 5 nitrogen and oxygen atoms in total. The van der Waals surface area contributed by atoms with E-state index in [4.69, 9.17) is 5.11 Å². The third-order valence-electron chi connectivity index (χ3n) is 4.62. The zero-order chi connectivity index (χ0) is 18.1. The molecule has 1 aromatic heterocycles. The van der Waals surface area contributed by atoms with Gasteiger partial charge in [0.1, 0.15) is 11.6 Å². The summed E-state index contributed by atoms with van der Waals surface area (Å²) in [6.45, 7) is 2.35. The number of hydrogen-bond donors (Lipinski definition) is 2. The highest BCUT2D eigenvalue weighted by Gasteiger charge is 2.21. The second kappa shape index (κ2) is 6.72. The van der Waals surface area contributed by atoms with E-state index in [-0.39, 0.29) is 5.82 Å². The first kappa shape index (κ1) is 16.5. The third-order valence-corrected chi connectivity index (χ3v) is 4.62. The summed E-state index contributed by atoms with van der Waals surface area (Å²) in [5.41, 5.74) is 4.20. The van der Waals surface area contributed by atoms with Crippen molar-refractivity contribution in [1.29, 1.82) is 0 Å². The van der Waals surface area contributed by atoms with E-state index in [9.17, 15) is 9.18 Å². The van der Waals surface area contributed by atoms with E-state index in [1.807, 2.05) is 18.2 Å². The standard InChI is InChI=1S/C20H18FN3O2/c21-16-3-1-2-15(10-16)19-22-17-8-9-24(12-18(17)23-19)11-13-4-6-14(7-5-13)20(25)26/h1-7,10H,8-9,11-12H2,(H,22,23)(H,25,26). The highest BCUT2D eigenvalue weighted by atomic mass is 19.1. The third kappa shape index (κ3) is 3.36.